The van der Waals surface area contributed by atoms with Crippen molar-refractivity contribution in [1.82, 2.24) is 0 Å². The third-order valence-corrected chi connectivity index (χ3v) is 10.7. The molecule has 0 aliphatic rings. The second kappa shape index (κ2) is 25.6. The van der Waals surface area contributed by atoms with Crippen LogP contribution < -0.4 is 0 Å². The lowest BCUT2D eigenvalue weighted by atomic mass is 10.0. The van der Waals surface area contributed by atoms with Crippen LogP contribution in [-0.2, 0) is 30.6 Å². The number of aryl methyl sites for hydroxylation is 4. The summed E-state index contributed by atoms with van der Waals surface area (Å²) in [5.74, 6) is -4.12. The Morgan fingerprint density at radius 2 is 0.745 bits per heavy atom. The van der Waals surface area contributed by atoms with Crippen molar-refractivity contribution < 1.29 is 42.4 Å². The number of carboxylic acids is 1. The molecule has 4 aromatic carbocycles. The molecule has 0 unspecified atom stereocenters. The maximum absolute atomic E-state index is 13.8. The van der Waals surface area contributed by atoms with Crippen LogP contribution in [0.4, 0.5) is 17.6 Å². The summed E-state index contributed by atoms with van der Waals surface area (Å²) in [6.07, 6.45) is 18.7. The minimum atomic E-state index is -1.26. The van der Waals surface area contributed by atoms with Crippen molar-refractivity contribution in [1.29, 1.82) is 0 Å². The minimum Gasteiger partial charge on any atom is -0.478 e. The third kappa shape index (κ3) is 17.4. The number of carboxylic acid groups (broad SMARTS) is 1. The van der Waals surface area contributed by atoms with Crippen molar-refractivity contribution in [3.05, 3.63) is 138 Å². The molecule has 0 saturated heterocycles. The van der Waals surface area contributed by atoms with Gasteiger partial charge in [-0.15, -0.1) is 0 Å². The van der Waals surface area contributed by atoms with Crippen LogP contribution >= 0.6 is 31.9 Å². The summed E-state index contributed by atoms with van der Waals surface area (Å²) in [6, 6.07) is 19.3. The van der Waals surface area contributed by atoms with Crippen LogP contribution in [0.1, 0.15) is 133 Å². The Labute approximate surface area is 338 Å². The van der Waals surface area contributed by atoms with Gasteiger partial charge in [0.15, 0.2) is 0 Å². The number of rotatable bonds is 22. The van der Waals surface area contributed by atoms with Gasteiger partial charge in [0, 0.05) is 0 Å². The van der Waals surface area contributed by atoms with Crippen molar-refractivity contribution in [2.45, 2.75) is 116 Å². The molecule has 0 aliphatic carbocycles. The lowest BCUT2D eigenvalue weighted by molar-refractivity contribution is -0.183. The van der Waals surface area contributed by atoms with E-state index >= 15 is 0 Å². The fraction of sp³-hybridized carbons (Fsp3) is 0.409. The number of hydrogen-bond donors (Lipinski definition) is 2. The number of carbonyl (C=O) groups excluding carboxylic acids is 1. The van der Waals surface area contributed by atoms with Crippen molar-refractivity contribution >= 4 is 43.8 Å². The Morgan fingerprint density at radius 3 is 1.04 bits per heavy atom. The molecule has 0 aliphatic heterocycles. The lowest BCUT2D eigenvalue weighted by Crippen LogP contribution is -2.05. The first kappa shape index (κ1) is 45.8. The first-order chi connectivity index (χ1) is 26.5. The van der Waals surface area contributed by atoms with E-state index < -0.39 is 23.6 Å². The number of hydrogen-bond acceptors (Lipinski definition) is 4. The van der Waals surface area contributed by atoms with Gasteiger partial charge in [-0.05, 0) is 154 Å². The predicted octanol–water partition coefficient (Wildman–Crippen LogP) is 13.8. The first-order valence-electron chi connectivity index (χ1n) is 19.0. The smallest absolute Gasteiger partial charge is 0.375 e. The summed E-state index contributed by atoms with van der Waals surface area (Å²) in [5, 5.41) is 17.1. The molecule has 0 aromatic heterocycles. The van der Waals surface area contributed by atoms with Crippen LogP contribution in [-0.4, -0.2) is 22.3 Å². The van der Waals surface area contributed by atoms with Crippen LogP contribution in [0, 0.1) is 23.3 Å². The molecular weight excluding hydrogens is 844 g/mol. The zero-order chi connectivity index (χ0) is 40.0. The van der Waals surface area contributed by atoms with E-state index in [1.807, 2.05) is 12.1 Å². The molecule has 11 heteroatoms. The van der Waals surface area contributed by atoms with Gasteiger partial charge in [-0.3, -0.25) is 4.89 Å². The van der Waals surface area contributed by atoms with Gasteiger partial charge in [-0.2, -0.15) is 5.26 Å². The summed E-state index contributed by atoms with van der Waals surface area (Å²) in [6.45, 7) is 0. The van der Waals surface area contributed by atoms with Gasteiger partial charge < -0.3 is 5.11 Å². The van der Waals surface area contributed by atoms with Gasteiger partial charge in [-0.25, -0.2) is 27.2 Å². The van der Waals surface area contributed by atoms with Gasteiger partial charge in [0.05, 0.1) is 20.1 Å². The van der Waals surface area contributed by atoms with Gasteiger partial charge in [-0.1, -0.05) is 88.5 Å². The molecule has 5 nitrogen and oxygen atoms in total. The van der Waals surface area contributed by atoms with E-state index in [4.69, 9.17) is 10.4 Å². The fourth-order valence-electron chi connectivity index (χ4n) is 6.29. The molecule has 4 rings (SSSR count). The van der Waals surface area contributed by atoms with E-state index in [2.05, 4.69) is 36.7 Å². The molecule has 0 atom stereocenters. The van der Waals surface area contributed by atoms with Crippen molar-refractivity contribution in [2.24, 2.45) is 0 Å². The second-order valence-corrected chi connectivity index (χ2v) is 15.5. The topological polar surface area (TPSA) is 83.8 Å². The Balaban J connectivity index is 0.000000300. The summed E-state index contributed by atoms with van der Waals surface area (Å²) < 4.78 is 55.3. The molecule has 0 amide bonds. The van der Waals surface area contributed by atoms with E-state index in [1.54, 1.807) is 36.4 Å². The molecule has 0 spiro atoms. The van der Waals surface area contributed by atoms with Crippen molar-refractivity contribution in [3.63, 3.8) is 0 Å². The molecule has 0 bridgehead atoms. The average Bonchev–Trinajstić information content (AvgIpc) is 3.16. The fourth-order valence-corrected chi connectivity index (χ4v) is 6.78. The Bertz CT molecular complexity index is 1740. The Hall–Kier alpha value is -3.54. The number of benzene rings is 4. The van der Waals surface area contributed by atoms with E-state index in [1.165, 1.54) is 56.4 Å². The summed E-state index contributed by atoms with van der Waals surface area (Å²) in [7, 11) is 0. The number of halogens is 6. The standard InChI is InChI=1S/C23H26F2O5.C21H24Br2F2/c24-20-14-16(10-12-18(20)22(26)27)8-6-4-2-1-3-5-7-9-17-11-13-19(21(25)15-17)23(28)30-29;22-18-12-10-16(14-20(18)24)8-6-4-2-1-3-5-7-9-17-11-13-19(23)21(25)15-17/h10-15,29H,1-9H2,(H,26,27);10-15H,1-9H2. The first-order valence-corrected chi connectivity index (χ1v) is 20.6. The third-order valence-electron chi connectivity index (χ3n) is 9.43. The van der Waals surface area contributed by atoms with Crippen LogP contribution in [0.3, 0.4) is 0 Å². The minimum absolute atomic E-state index is 0.178. The van der Waals surface area contributed by atoms with E-state index in [-0.39, 0.29) is 22.8 Å². The molecule has 0 saturated carbocycles. The summed E-state index contributed by atoms with van der Waals surface area (Å²) in [5.41, 5.74) is 3.16. The van der Waals surface area contributed by atoms with E-state index in [9.17, 15) is 27.2 Å². The SMILES string of the molecule is Fc1cc(CCCCCCCCCc2ccc(Br)c(F)c2)ccc1Br.O=C(O)c1ccc(CCCCCCCCCc2ccc(C(=O)OO)c(F)c2)cc1F. The highest BCUT2D eigenvalue weighted by Crippen LogP contribution is 2.21. The Kier molecular flexibility index (Phi) is 21.3. The van der Waals surface area contributed by atoms with E-state index in [0.29, 0.717) is 15.4 Å². The van der Waals surface area contributed by atoms with Gasteiger partial charge in [0.1, 0.15) is 23.3 Å². The summed E-state index contributed by atoms with van der Waals surface area (Å²) in [4.78, 5) is 25.5. The normalized spacial score (nSPS) is 10.9. The lowest BCUT2D eigenvalue weighted by Gasteiger charge is -2.06. The average molecular weight is 895 g/mol. The highest BCUT2D eigenvalue weighted by Gasteiger charge is 2.14. The molecule has 4 aromatic rings. The zero-order valence-electron chi connectivity index (χ0n) is 31.0. The maximum atomic E-state index is 13.8. The van der Waals surface area contributed by atoms with Crippen LogP contribution in [0.15, 0.2) is 81.7 Å². The monoisotopic (exact) mass is 892 g/mol. The summed E-state index contributed by atoms with van der Waals surface area (Å²) >= 11 is 6.36. The van der Waals surface area contributed by atoms with Crippen LogP contribution in [0.5, 0.6) is 0 Å². The van der Waals surface area contributed by atoms with Crippen LogP contribution in [0.2, 0.25) is 0 Å². The highest BCUT2D eigenvalue weighted by atomic mass is 79.9. The van der Waals surface area contributed by atoms with Crippen LogP contribution in [0.25, 0.3) is 0 Å². The number of carbonyl (C=O) groups is 2. The Morgan fingerprint density at radius 1 is 0.455 bits per heavy atom. The van der Waals surface area contributed by atoms with Gasteiger partial charge in [0.25, 0.3) is 0 Å². The number of aromatic carboxylic acids is 1. The molecule has 0 heterocycles. The zero-order valence-corrected chi connectivity index (χ0v) is 34.2. The molecule has 0 fully saturated rings. The second-order valence-electron chi connectivity index (χ2n) is 13.8. The quantitative estimate of drug-likeness (QED) is 0.0355. The van der Waals surface area contributed by atoms with Gasteiger partial charge >= 0.3 is 11.9 Å². The number of unbranched alkanes of at least 4 members (excludes halogenated alkanes) is 12. The molecular formula is C44H50Br2F4O5. The van der Waals surface area contributed by atoms with E-state index in [0.717, 1.165) is 99.3 Å². The van der Waals surface area contributed by atoms with Crippen molar-refractivity contribution in [2.75, 3.05) is 0 Å². The highest BCUT2D eigenvalue weighted by molar-refractivity contribution is 9.10. The molecule has 0 radical (unpaired) electrons. The molecule has 55 heavy (non-hydrogen) atoms. The predicted molar refractivity (Wildman–Crippen MR) is 215 cm³/mol. The maximum Gasteiger partial charge on any atom is 0.375 e. The van der Waals surface area contributed by atoms with Crippen molar-refractivity contribution in [3.8, 4) is 0 Å². The molecule has 298 valence electrons. The van der Waals surface area contributed by atoms with Gasteiger partial charge in [0.2, 0.25) is 0 Å². The largest absolute Gasteiger partial charge is 0.478 e. The molecule has 2 N–H and O–H groups in total.